The Balaban J connectivity index is 2.10. The fourth-order valence-corrected chi connectivity index (χ4v) is 1.79. The molecule has 20 heavy (non-hydrogen) atoms. The summed E-state index contributed by atoms with van der Waals surface area (Å²) in [5.41, 5.74) is 1.41. The van der Waals surface area contributed by atoms with E-state index in [9.17, 15) is 4.79 Å². The Morgan fingerprint density at radius 2 is 1.95 bits per heavy atom. The van der Waals surface area contributed by atoms with E-state index >= 15 is 0 Å². The SMILES string of the molecule is O=C(O)c1cncc(-n2nnnc2-c2ccccc2)c1. The molecule has 7 nitrogen and oxygen atoms in total. The number of carboxylic acid groups (broad SMARTS) is 1. The Morgan fingerprint density at radius 1 is 1.15 bits per heavy atom. The molecule has 0 aliphatic rings. The molecule has 0 saturated carbocycles. The Bertz CT molecular complexity index is 754. The van der Waals surface area contributed by atoms with Crippen LogP contribution in [0.2, 0.25) is 0 Å². The van der Waals surface area contributed by atoms with Gasteiger partial charge in [0.2, 0.25) is 0 Å². The zero-order valence-electron chi connectivity index (χ0n) is 10.2. The van der Waals surface area contributed by atoms with Crippen molar-refractivity contribution in [1.82, 2.24) is 25.2 Å². The van der Waals surface area contributed by atoms with Crippen molar-refractivity contribution < 1.29 is 9.90 Å². The Kier molecular flexibility index (Phi) is 2.92. The van der Waals surface area contributed by atoms with Crippen LogP contribution in [0.25, 0.3) is 17.1 Å². The number of carboxylic acids is 1. The van der Waals surface area contributed by atoms with Gasteiger partial charge in [0.15, 0.2) is 5.82 Å². The predicted molar refractivity (Wildman–Crippen MR) is 69.3 cm³/mol. The van der Waals surface area contributed by atoms with Crippen molar-refractivity contribution >= 4 is 5.97 Å². The highest BCUT2D eigenvalue weighted by molar-refractivity contribution is 5.87. The van der Waals surface area contributed by atoms with Crippen LogP contribution in [-0.2, 0) is 0 Å². The summed E-state index contributed by atoms with van der Waals surface area (Å²) in [5.74, 6) is -0.524. The summed E-state index contributed by atoms with van der Waals surface area (Å²) >= 11 is 0. The quantitative estimate of drug-likeness (QED) is 0.771. The van der Waals surface area contributed by atoms with Crippen LogP contribution in [0, 0.1) is 0 Å². The summed E-state index contributed by atoms with van der Waals surface area (Å²) in [4.78, 5) is 14.9. The molecule has 2 aromatic heterocycles. The van der Waals surface area contributed by atoms with E-state index in [1.54, 1.807) is 0 Å². The molecular weight excluding hydrogens is 258 g/mol. The van der Waals surface area contributed by atoms with Gasteiger partial charge in [0, 0.05) is 11.8 Å². The molecule has 0 amide bonds. The molecular formula is C13H9N5O2. The maximum absolute atomic E-state index is 11.0. The van der Waals surface area contributed by atoms with Crippen LogP contribution < -0.4 is 0 Å². The standard InChI is InChI=1S/C13H9N5O2/c19-13(20)10-6-11(8-14-7-10)18-12(15-16-17-18)9-4-2-1-3-5-9/h1-8H,(H,19,20). The summed E-state index contributed by atoms with van der Waals surface area (Å²) < 4.78 is 1.45. The van der Waals surface area contributed by atoms with E-state index in [4.69, 9.17) is 5.11 Å². The minimum absolute atomic E-state index is 0.0806. The molecule has 1 aromatic carbocycles. The van der Waals surface area contributed by atoms with E-state index in [0.29, 0.717) is 11.5 Å². The van der Waals surface area contributed by atoms with Crippen molar-refractivity contribution in [2.75, 3.05) is 0 Å². The lowest BCUT2D eigenvalue weighted by Crippen LogP contribution is -2.04. The molecule has 0 radical (unpaired) electrons. The first-order valence-electron chi connectivity index (χ1n) is 5.78. The van der Waals surface area contributed by atoms with Gasteiger partial charge >= 0.3 is 5.97 Å². The molecule has 0 fully saturated rings. The van der Waals surface area contributed by atoms with E-state index in [1.165, 1.54) is 23.1 Å². The number of aromatic nitrogens is 5. The average molecular weight is 267 g/mol. The molecule has 98 valence electrons. The minimum atomic E-state index is -1.05. The topological polar surface area (TPSA) is 93.8 Å². The maximum atomic E-state index is 11.0. The fourth-order valence-electron chi connectivity index (χ4n) is 1.79. The smallest absolute Gasteiger partial charge is 0.337 e. The molecule has 0 atom stereocenters. The highest BCUT2D eigenvalue weighted by atomic mass is 16.4. The number of benzene rings is 1. The molecule has 0 aliphatic heterocycles. The monoisotopic (exact) mass is 267 g/mol. The Morgan fingerprint density at radius 3 is 2.70 bits per heavy atom. The van der Waals surface area contributed by atoms with Crippen molar-refractivity contribution in [3.63, 3.8) is 0 Å². The molecule has 1 N–H and O–H groups in total. The van der Waals surface area contributed by atoms with Crippen molar-refractivity contribution in [3.8, 4) is 17.1 Å². The van der Waals surface area contributed by atoms with Crippen LogP contribution in [-0.4, -0.2) is 36.3 Å². The van der Waals surface area contributed by atoms with Crippen molar-refractivity contribution in [2.24, 2.45) is 0 Å². The second kappa shape index (κ2) is 4.88. The fraction of sp³-hybridized carbons (Fsp3) is 0. The van der Waals surface area contributed by atoms with E-state index in [1.807, 2.05) is 30.3 Å². The molecule has 0 aliphatic carbocycles. The van der Waals surface area contributed by atoms with Crippen LogP contribution in [0.15, 0.2) is 48.8 Å². The summed E-state index contributed by atoms with van der Waals surface area (Å²) in [7, 11) is 0. The number of hydrogen-bond donors (Lipinski definition) is 1. The number of nitrogens with zero attached hydrogens (tertiary/aromatic N) is 5. The van der Waals surface area contributed by atoms with Gasteiger partial charge in [-0.05, 0) is 16.5 Å². The van der Waals surface area contributed by atoms with Crippen LogP contribution in [0.3, 0.4) is 0 Å². The third kappa shape index (κ3) is 2.12. The summed E-state index contributed by atoms with van der Waals surface area (Å²) in [6.45, 7) is 0. The van der Waals surface area contributed by atoms with Gasteiger partial charge in [0.25, 0.3) is 0 Å². The van der Waals surface area contributed by atoms with E-state index in [0.717, 1.165) is 5.56 Å². The maximum Gasteiger partial charge on any atom is 0.337 e. The highest BCUT2D eigenvalue weighted by Crippen LogP contribution is 2.18. The summed E-state index contributed by atoms with van der Waals surface area (Å²) in [6.07, 6.45) is 2.79. The second-order valence-corrected chi connectivity index (χ2v) is 4.02. The zero-order chi connectivity index (χ0) is 13.9. The average Bonchev–Trinajstić information content (AvgIpc) is 2.98. The van der Waals surface area contributed by atoms with Crippen LogP contribution in [0.4, 0.5) is 0 Å². The van der Waals surface area contributed by atoms with E-state index < -0.39 is 5.97 Å². The largest absolute Gasteiger partial charge is 0.478 e. The number of pyridine rings is 1. The van der Waals surface area contributed by atoms with Crippen molar-refractivity contribution in [3.05, 3.63) is 54.4 Å². The first kappa shape index (κ1) is 12.0. The third-order valence-electron chi connectivity index (χ3n) is 2.72. The Labute approximate surface area is 113 Å². The van der Waals surface area contributed by atoms with Gasteiger partial charge in [-0.15, -0.1) is 5.10 Å². The number of rotatable bonds is 3. The Hall–Kier alpha value is -3.09. The van der Waals surface area contributed by atoms with Gasteiger partial charge in [0.05, 0.1) is 17.4 Å². The van der Waals surface area contributed by atoms with Crippen molar-refractivity contribution in [2.45, 2.75) is 0 Å². The van der Waals surface area contributed by atoms with Crippen LogP contribution in [0.1, 0.15) is 10.4 Å². The zero-order valence-corrected chi connectivity index (χ0v) is 10.2. The molecule has 2 heterocycles. The summed E-state index contributed by atoms with van der Waals surface area (Å²) in [6, 6.07) is 10.9. The minimum Gasteiger partial charge on any atom is -0.478 e. The van der Waals surface area contributed by atoms with Gasteiger partial charge in [-0.2, -0.15) is 4.68 Å². The number of aromatic carboxylic acids is 1. The lowest BCUT2D eigenvalue weighted by Gasteiger charge is -2.04. The van der Waals surface area contributed by atoms with Gasteiger partial charge in [-0.25, -0.2) is 4.79 Å². The molecule has 0 spiro atoms. The predicted octanol–water partition coefficient (Wildman–Crippen LogP) is 1.42. The molecule has 7 heteroatoms. The molecule has 0 saturated heterocycles. The highest BCUT2D eigenvalue weighted by Gasteiger charge is 2.12. The first-order chi connectivity index (χ1) is 9.75. The van der Waals surface area contributed by atoms with Crippen LogP contribution >= 0.6 is 0 Å². The van der Waals surface area contributed by atoms with Crippen LogP contribution in [0.5, 0.6) is 0 Å². The molecule has 0 bridgehead atoms. The summed E-state index contributed by atoms with van der Waals surface area (Å²) in [5, 5.41) is 20.5. The van der Waals surface area contributed by atoms with E-state index in [2.05, 4.69) is 20.5 Å². The van der Waals surface area contributed by atoms with Gasteiger partial charge in [-0.3, -0.25) is 4.98 Å². The van der Waals surface area contributed by atoms with Gasteiger partial charge in [-0.1, -0.05) is 30.3 Å². The van der Waals surface area contributed by atoms with Gasteiger partial charge < -0.3 is 5.11 Å². The van der Waals surface area contributed by atoms with Gasteiger partial charge in [0.1, 0.15) is 0 Å². The van der Waals surface area contributed by atoms with E-state index in [-0.39, 0.29) is 5.56 Å². The number of carbonyl (C=O) groups is 1. The number of hydrogen-bond acceptors (Lipinski definition) is 5. The third-order valence-corrected chi connectivity index (χ3v) is 2.72. The lowest BCUT2D eigenvalue weighted by atomic mass is 10.2. The normalized spacial score (nSPS) is 10.4. The molecule has 3 rings (SSSR count). The second-order valence-electron chi connectivity index (χ2n) is 4.02. The lowest BCUT2D eigenvalue weighted by molar-refractivity contribution is 0.0696. The molecule has 0 unspecified atom stereocenters. The molecule has 3 aromatic rings. The number of tetrazole rings is 1. The van der Waals surface area contributed by atoms with Crippen molar-refractivity contribution in [1.29, 1.82) is 0 Å². The first-order valence-corrected chi connectivity index (χ1v) is 5.78.